The van der Waals surface area contributed by atoms with Crippen LogP contribution in [0, 0.1) is 0 Å². The molecule has 2 atom stereocenters. The third-order valence-corrected chi connectivity index (χ3v) is 3.71. The number of rotatable bonds is 8. The Balaban J connectivity index is 1.81. The maximum absolute atomic E-state index is 9.89. The predicted molar refractivity (Wildman–Crippen MR) is 75.7 cm³/mol. The molecule has 8 heteroatoms. The Morgan fingerprint density at radius 2 is 2.20 bits per heavy atom. The molecule has 0 amide bonds. The quantitative estimate of drug-likeness (QED) is 0.551. The van der Waals surface area contributed by atoms with Gasteiger partial charge in [0.15, 0.2) is 5.65 Å². The first-order valence-corrected chi connectivity index (χ1v) is 7.24. The molecule has 0 aliphatic heterocycles. The van der Waals surface area contributed by atoms with Gasteiger partial charge in [-0.15, -0.1) is 11.8 Å². The minimum absolute atomic E-state index is 0.0296. The number of hydrogen-bond acceptors (Lipinski definition) is 7. The Morgan fingerprint density at radius 1 is 1.35 bits per heavy atom. The Kier molecular flexibility index (Phi) is 5.72. The topological polar surface area (TPSA) is 93.2 Å². The van der Waals surface area contributed by atoms with Crippen LogP contribution in [0.2, 0.25) is 0 Å². The van der Waals surface area contributed by atoms with Crippen LogP contribution >= 0.6 is 11.8 Å². The van der Waals surface area contributed by atoms with E-state index < -0.39 is 6.10 Å². The fraction of sp³-hybridized carbons (Fsp3) is 0.583. The molecule has 110 valence electrons. The molecule has 0 bridgehead atoms. The van der Waals surface area contributed by atoms with E-state index in [0.717, 1.165) is 10.5 Å². The number of aromatic nitrogens is 4. The lowest BCUT2D eigenvalue weighted by molar-refractivity contribution is -0.0257. The minimum Gasteiger partial charge on any atom is -0.390 e. The van der Waals surface area contributed by atoms with E-state index in [1.54, 1.807) is 13.4 Å². The largest absolute Gasteiger partial charge is 0.390 e. The van der Waals surface area contributed by atoms with Crippen molar-refractivity contribution in [2.45, 2.75) is 24.2 Å². The summed E-state index contributed by atoms with van der Waals surface area (Å²) in [5.41, 5.74) is 1.42. The number of imidazole rings is 1. The number of aliphatic hydroxyl groups excluding tert-OH is 1. The number of methoxy groups -OCH3 is 1. The van der Waals surface area contributed by atoms with Crippen LogP contribution in [0.5, 0.6) is 0 Å². The zero-order valence-electron chi connectivity index (χ0n) is 11.4. The van der Waals surface area contributed by atoms with E-state index in [0.29, 0.717) is 18.0 Å². The summed E-state index contributed by atoms with van der Waals surface area (Å²) in [6, 6.07) is 0. The Bertz CT molecular complexity index is 536. The van der Waals surface area contributed by atoms with Crippen LogP contribution in [-0.2, 0) is 9.47 Å². The zero-order valence-corrected chi connectivity index (χ0v) is 12.3. The highest BCUT2D eigenvalue weighted by Crippen LogP contribution is 2.22. The van der Waals surface area contributed by atoms with Crippen molar-refractivity contribution >= 4 is 22.9 Å². The van der Waals surface area contributed by atoms with Gasteiger partial charge >= 0.3 is 0 Å². The molecule has 2 N–H and O–H groups in total. The van der Waals surface area contributed by atoms with Crippen LogP contribution < -0.4 is 0 Å². The first-order valence-electron chi connectivity index (χ1n) is 6.26. The number of fused-ring (bicyclic) bond motifs is 1. The molecule has 2 aromatic rings. The van der Waals surface area contributed by atoms with E-state index in [2.05, 4.69) is 19.9 Å². The lowest BCUT2D eigenvalue weighted by Crippen LogP contribution is -2.24. The van der Waals surface area contributed by atoms with Crippen molar-refractivity contribution in [2.75, 3.05) is 26.1 Å². The summed E-state index contributed by atoms with van der Waals surface area (Å²) in [4.78, 5) is 15.3. The molecule has 2 aromatic heterocycles. The highest BCUT2D eigenvalue weighted by molar-refractivity contribution is 7.99. The lowest BCUT2D eigenvalue weighted by Gasteiger charge is -2.15. The Labute approximate surface area is 121 Å². The molecule has 20 heavy (non-hydrogen) atoms. The summed E-state index contributed by atoms with van der Waals surface area (Å²) in [5.74, 6) is 0.491. The average molecular weight is 298 g/mol. The Hall–Kier alpha value is -1.22. The van der Waals surface area contributed by atoms with Gasteiger partial charge in [0, 0.05) is 12.9 Å². The van der Waals surface area contributed by atoms with Crippen molar-refractivity contribution in [2.24, 2.45) is 0 Å². The highest BCUT2D eigenvalue weighted by Gasteiger charge is 2.12. The van der Waals surface area contributed by atoms with Crippen LogP contribution in [0.25, 0.3) is 11.2 Å². The van der Waals surface area contributed by atoms with Crippen molar-refractivity contribution < 1.29 is 14.6 Å². The third kappa shape index (κ3) is 4.14. The smallest absolute Gasteiger partial charge is 0.181 e. The van der Waals surface area contributed by atoms with Gasteiger partial charge in [0.05, 0.1) is 31.7 Å². The molecule has 2 rings (SSSR count). The molecule has 0 aliphatic carbocycles. The molecule has 0 saturated carbocycles. The molecule has 0 spiro atoms. The fourth-order valence-electron chi connectivity index (χ4n) is 1.63. The fourth-order valence-corrected chi connectivity index (χ4v) is 2.50. The summed E-state index contributed by atoms with van der Waals surface area (Å²) < 4.78 is 10.4. The average Bonchev–Trinajstić information content (AvgIpc) is 2.92. The van der Waals surface area contributed by atoms with E-state index >= 15 is 0 Å². The zero-order chi connectivity index (χ0) is 14.4. The Morgan fingerprint density at radius 3 is 3.00 bits per heavy atom. The second-order valence-electron chi connectivity index (χ2n) is 4.34. The molecular formula is C12H18N4O3S. The summed E-state index contributed by atoms with van der Waals surface area (Å²) in [7, 11) is 1.62. The van der Waals surface area contributed by atoms with Gasteiger partial charge in [-0.2, -0.15) is 0 Å². The molecule has 0 aromatic carbocycles. The van der Waals surface area contributed by atoms with Gasteiger partial charge in [0.2, 0.25) is 0 Å². The molecule has 7 nitrogen and oxygen atoms in total. The third-order valence-electron chi connectivity index (χ3n) is 2.58. The number of H-pyrrole nitrogens is 1. The van der Waals surface area contributed by atoms with Crippen molar-refractivity contribution in [3.8, 4) is 0 Å². The van der Waals surface area contributed by atoms with E-state index in [1.807, 2.05) is 6.92 Å². The minimum atomic E-state index is -0.563. The molecule has 0 fully saturated rings. The van der Waals surface area contributed by atoms with Crippen LogP contribution in [0.1, 0.15) is 6.92 Å². The van der Waals surface area contributed by atoms with Gasteiger partial charge in [-0.3, -0.25) is 0 Å². The first-order chi connectivity index (χ1) is 9.70. The number of nitrogens with one attached hydrogen (secondary N) is 1. The SMILES string of the molecule is COCC(C)OCC(O)CSc1ncnc2nc[nH]c12. The summed E-state index contributed by atoms with van der Waals surface area (Å²) in [6.45, 7) is 2.69. The maximum atomic E-state index is 9.89. The first kappa shape index (κ1) is 15.2. The second-order valence-corrected chi connectivity index (χ2v) is 5.35. The maximum Gasteiger partial charge on any atom is 0.181 e. The van der Waals surface area contributed by atoms with E-state index in [1.165, 1.54) is 18.1 Å². The van der Waals surface area contributed by atoms with Gasteiger partial charge in [-0.1, -0.05) is 0 Å². The van der Waals surface area contributed by atoms with Gasteiger partial charge < -0.3 is 19.6 Å². The second kappa shape index (κ2) is 7.53. The van der Waals surface area contributed by atoms with Crippen LogP contribution in [0.15, 0.2) is 17.7 Å². The number of aromatic amines is 1. The van der Waals surface area contributed by atoms with Gasteiger partial charge in [-0.25, -0.2) is 15.0 Å². The predicted octanol–water partition coefficient (Wildman–Crippen LogP) is 0.857. The van der Waals surface area contributed by atoms with Crippen LogP contribution in [0.4, 0.5) is 0 Å². The molecule has 0 radical (unpaired) electrons. The summed E-state index contributed by atoms with van der Waals surface area (Å²) in [6.07, 6.45) is 2.45. The van der Waals surface area contributed by atoms with E-state index in [9.17, 15) is 5.11 Å². The highest BCUT2D eigenvalue weighted by atomic mass is 32.2. The van der Waals surface area contributed by atoms with Crippen molar-refractivity contribution in [3.05, 3.63) is 12.7 Å². The van der Waals surface area contributed by atoms with Crippen molar-refractivity contribution in [3.63, 3.8) is 0 Å². The van der Waals surface area contributed by atoms with Gasteiger partial charge in [0.1, 0.15) is 16.9 Å². The monoisotopic (exact) mass is 298 g/mol. The number of hydrogen-bond donors (Lipinski definition) is 2. The number of nitrogens with zero attached hydrogens (tertiary/aromatic N) is 3. The van der Waals surface area contributed by atoms with Crippen molar-refractivity contribution in [1.29, 1.82) is 0 Å². The molecule has 0 saturated heterocycles. The summed E-state index contributed by atoms with van der Waals surface area (Å²) >= 11 is 1.44. The van der Waals surface area contributed by atoms with Gasteiger partial charge in [0.25, 0.3) is 0 Å². The number of thioether (sulfide) groups is 1. The van der Waals surface area contributed by atoms with E-state index in [4.69, 9.17) is 9.47 Å². The molecule has 0 aliphatic rings. The normalized spacial score (nSPS) is 14.6. The van der Waals surface area contributed by atoms with E-state index in [-0.39, 0.29) is 12.7 Å². The number of aliphatic hydroxyl groups is 1. The molecule has 2 unspecified atom stereocenters. The molecular weight excluding hydrogens is 280 g/mol. The van der Waals surface area contributed by atoms with Gasteiger partial charge in [-0.05, 0) is 6.92 Å². The molecule has 2 heterocycles. The van der Waals surface area contributed by atoms with Crippen LogP contribution in [-0.4, -0.2) is 63.3 Å². The number of ether oxygens (including phenoxy) is 2. The lowest BCUT2D eigenvalue weighted by atomic mass is 10.4. The van der Waals surface area contributed by atoms with Crippen LogP contribution in [0.3, 0.4) is 0 Å². The standard InChI is InChI=1S/C12H18N4O3S/c1-8(3-18-2)19-4-9(17)5-20-12-10-11(14-6-13-10)15-7-16-12/h6-9,17H,3-5H2,1-2H3,(H,13,14,15,16). The van der Waals surface area contributed by atoms with Crippen molar-refractivity contribution in [1.82, 2.24) is 19.9 Å². The summed E-state index contributed by atoms with van der Waals surface area (Å²) in [5, 5.41) is 10.7.